The molecule has 140 valence electrons. The van der Waals surface area contributed by atoms with E-state index < -0.39 is 0 Å². The number of carbonyl (C=O) groups is 1. The Labute approximate surface area is 159 Å². The average Bonchev–Trinajstić information content (AvgIpc) is 3.14. The lowest BCUT2D eigenvalue weighted by Crippen LogP contribution is -2.38. The fourth-order valence-corrected chi connectivity index (χ4v) is 3.56. The van der Waals surface area contributed by atoms with Crippen molar-refractivity contribution in [3.05, 3.63) is 41.0 Å². The third-order valence-electron chi connectivity index (χ3n) is 4.94. The summed E-state index contributed by atoms with van der Waals surface area (Å²) >= 11 is 5.92. The molecule has 1 heterocycles. The molecule has 6 heteroatoms. The molecule has 0 saturated heterocycles. The van der Waals surface area contributed by atoms with Gasteiger partial charge in [-0.2, -0.15) is 0 Å². The van der Waals surface area contributed by atoms with E-state index in [0.717, 1.165) is 11.3 Å². The molecule has 1 atom stereocenters. The molecule has 1 N–H and O–H groups in total. The molecule has 3 rings (SSSR count). The lowest BCUT2D eigenvalue weighted by Gasteiger charge is -2.24. The summed E-state index contributed by atoms with van der Waals surface area (Å²) in [5.74, 6) is 0.176. The molecule has 1 fully saturated rings. The third-order valence-corrected chi connectivity index (χ3v) is 5.19. The first-order chi connectivity index (χ1) is 12.7. The van der Waals surface area contributed by atoms with E-state index in [-0.39, 0.29) is 11.9 Å². The second-order valence-electron chi connectivity index (χ2n) is 6.86. The molecule has 0 bridgehead atoms. The van der Waals surface area contributed by atoms with Crippen LogP contribution >= 0.6 is 11.6 Å². The number of methoxy groups -OCH3 is 1. The molecule has 0 radical (unpaired) electrons. The van der Waals surface area contributed by atoms with Crippen LogP contribution in [0.15, 0.2) is 34.9 Å². The number of hydrogen-bond donors (Lipinski definition) is 1. The van der Waals surface area contributed by atoms with E-state index in [0.29, 0.717) is 29.8 Å². The van der Waals surface area contributed by atoms with Gasteiger partial charge in [0.15, 0.2) is 5.76 Å². The van der Waals surface area contributed by atoms with Crippen LogP contribution in [0.2, 0.25) is 5.02 Å². The smallest absolute Gasteiger partial charge is 0.310 e. The second-order valence-corrected chi connectivity index (χ2v) is 7.29. The van der Waals surface area contributed by atoms with E-state index in [9.17, 15) is 4.79 Å². The summed E-state index contributed by atoms with van der Waals surface area (Å²) in [6.45, 7) is 0.598. The molecule has 2 aromatic rings. The van der Waals surface area contributed by atoms with Crippen LogP contribution in [-0.2, 0) is 16.0 Å². The second kappa shape index (κ2) is 9.19. The highest BCUT2D eigenvalue weighted by Gasteiger charge is 2.23. The Morgan fingerprint density at radius 2 is 2.04 bits per heavy atom. The number of nitrogens with one attached hydrogen (secondary N) is 1. The number of halogens is 1. The number of ether oxygens (including phenoxy) is 1. The average molecular weight is 377 g/mol. The van der Waals surface area contributed by atoms with E-state index in [1.165, 1.54) is 39.2 Å². The van der Waals surface area contributed by atoms with E-state index in [1.807, 2.05) is 30.3 Å². The van der Waals surface area contributed by atoms with Gasteiger partial charge in [-0.3, -0.25) is 4.79 Å². The Kier molecular flexibility index (Phi) is 6.69. The Morgan fingerprint density at radius 1 is 1.31 bits per heavy atom. The van der Waals surface area contributed by atoms with Crippen molar-refractivity contribution in [3.63, 3.8) is 0 Å². The van der Waals surface area contributed by atoms with Crippen molar-refractivity contribution < 1.29 is 14.1 Å². The number of esters is 1. The maximum absolute atomic E-state index is 12.2. The predicted octanol–water partition coefficient (Wildman–Crippen LogP) is 4.25. The quantitative estimate of drug-likeness (QED) is 0.732. The predicted molar refractivity (Wildman–Crippen MR) is 101 cm³/mol. The molecule has 1 unspecified atom stereocenters. The van der Waals surface area contributed by atoms with Crippen LogP contribution in [0.1, 0.15) is 37.8 Å². The molecule has 0 aliphatic heterocycles. The molecule has 1 aromatic carbocycles. The Bertz CT molecular complexity index is 708. The van der Waals surface area contributed by atoms with Gasteiger partial charge in [-0.15, -0.1) is 0 Å². The lowest BCUT2D eigenvalue weighted by atomic mass is 9.94. The topological polar surface area (TPSA) is 64.4 Å². The monoisotopic (exact) mass is 376 g/mol. The fraction of sp³-hybridized carbons (Fsp3) is 0.500. The minimum absolute atomic E-state index is 0.218. The van der Waals surface area contributed by atoms with Crippen LogP contribution in [0.3, 0.4) is 0 Å². The van der Waals surface area contributed by atoms with E-state index in [2.05, 4.69) is 10.5 Å². The first-order valence-electron chi connectivity index (χ1n) is 9.18. The summed E-state index contributed by atoms with van der Waals surface area (Å²) < 4.78 is 10.4. The number of benzene rings is 1. The van der Waals surface area contributed by atoms with Gasteiger partial charge in [0.05, 0.1) is 18.7 Å². The molecule has 1 aromatic heterocycles. The first kappa shape index (κ1) is 18.9. The lowest BCUT2D eigenvalue weighted by molar-refractivity contribution is -0.145. The molecule has 5 nitrogen and oxygen atoms in total. The van der Waals surface area contributed by atoms with Crippen molar-refractivity contribution in [1.29, 1.82) is 0 Å². The Morgan fingerprint density at radius 3 is 2.73 bits per heavy atom. The van der Waals surface area contributed by atoms with Gasteiger partial charge in [-0.05, 0) is 37.1 Å². The van der Waals surface area contributed by atoms with Crippen LogP contribution in [0, 0.1) is 5.92 Å². The van der Waals surface area contributed by atoms with Crippen molar-refractivity contribution in [2.75, 3.05) is 13.7 Å². The third kappa shape index (κ3) is 5.08. The molecule has 0 spiro atoms. The highest BCUT2D eigenvalue weighted by molar-refractivity contribution is 6.30. The van der Waals surface area contributed by atoms with Gasteiger partial charge in [0.2, 0.25) is 0 Å². The minimum Gasteiger partial charge on any atom is -0.469 e. The van der Waals surface area contributed by atoms with Crippen molar-refractivity contribution in [2.24, 2.45) is 5.92 Å². The number of carbonyl (C=O) groups excluding carboxylic acids is 1. The SMILES string of the molecule is COC(=O)C(CNC1CCCCC1)Cc1cc(-c2ccc(Cl)cc2)on1. The van der Waals surface area contributed by atoms with Crippen molar-refractivity contribution in [1.82, 2.24) is 10.5 Å². The molecular formula is C20H25ClN2O3. The maximum Gasteiger partial charge on any atom is 0.310 e. The Balaban J connectivity index is 1.62. The van der Waals surface area contributed by atoms with Gasteiger partial charge in [-0.25, -0.2) is 0 Å². The number of aromatic nitrogens is 1. The number of hydrogen-bond acceptors (Lipinski definition) is 5. The minimum atomic E-state index is -0.273. The van der Waals surface area contributed by atoms with Gasteiger partial charge < -0.3 is 14.6 Å². The summed E-state index contributed by atoms with van der Waals surface area (Å²) in [5.41, 5.74) is 1.65. The van der Waals surface area contributed by atoms with Crippen molar-refractivity contribution >= 4 is 17.6 Å². The summed E-state index contributed by atoms with van der Waals surface area (Å²) in [7, 11) is 1.43. The highest BCUT2D eigenvalue weighted by atomic mass is 35.5. The zero-order valence-corrected chi connectivity index (χ0v) is 15.8. The van der Waals surface area contributed by atoms with Crippen LogP contribution in [0.25, 0.3) is 11.3 Å². The highest BCUT2D eigenvalue weighted by Crippen LogP contribution is 2.24. The van der Waals surface area contributed by atoms with Crippen molar-refractivity contribution in [2.45, 2.75) is 44.6 Å². The summed E-state index contributed by atoms with van der Waals surface area (Å²) in [6, 6.07) is 9.76. The maximum atomic E-state index is 12.2. The summed E-state index contributed by atoms with van der Waals surface area (Å²) in [4.78, 5) is 12.2. The largest absolute Gasteiger partial charge is 0.469 e. The van der Waals surface area contributed by atoms with E-state index >= 15 is 0 Å². The number of rotatable bonds is 7. The zero-order chi connectivity index (χ0) is 18.4. The molecule has 1 aliphatic rings. The fourth-order valence-electron chi connectivity index (χ4n) is 3.43. The standard InChI is InChI=1S/C20H25ClN2O3/c1-25-20(24)15(13-22-17-5-3-2-4-6-17)11-18-12-19(26-23-18)14-7-9-16(21)10-8-14/h7-10,12,15,17,22H,2-6,11,13H2,1H3. The van der Waals surface area contributed by atoms with Gasteiger partial charge >= 0.3 is 5.97 Å². The molecule has 26 heavy (non-hydrogen) atoms. The van der Waals surface area contributed by atoms with Gasteiger partial charge in [0.1, 0.15) is 0 Å². The molecule has 1 aliphatic carbocycles. The van der Waals surface area contributed by atoms with Gasteiger partial charge in [-0.1, -0.05) is 36.0 Å². The van der Waals surface area contributed by atoms with Crippen LogP contribution in [0.4, 0.5) is 0 Å². The molecule has 0 amide bonds. The summed E-state index contributed by atoms with van der Waals surface area (Å²) in [5, 5.41) is 8.32. The van der Waals surface area contributed by atoms with E-state index in [1.54, 1.807) is 0 Å². The normalized spacial score (nSPS) is 16.4. The first-order valence-corrected chi connectivity index (χ1v) is 9.56. The number of nitrogens with zero attached hydrogens (tertiary/aromatic N) is 1. The summed E-state index contributed by atoms with van der Waals surface area (Å²) in [6.07, 6.45) is 6.67. The van der Waals surface area contributed by atoms with Gasteiger partial charge in [0.25, 0.3) is 0 Å². The Hall–Kier alpha value is -1.85. The molecule has 1 saturated carbocycles. The molecular weight excluding hydrogens is 352 g/mol. The van der Waals surface area contributed by atoms with Crippen LogP contribution in [0.5, 0.6) is 0 Å². The van der Waals surface area contributed by atoms with Crippen molar-refractivity contribution in [3.8, 4) is 11.3 Å². The van der Waals surface area contributed by atoms with Crippen LogP contribution in [-0.4, -0.2) is 30.8 Å². The van der Waals surface area contributed by atoms with E-state index in [4.69, 9.17) is 20.9 Å². The van der Waals surface area contributed by atoms with Gasteiger partial charge in [0, 0.05) is 35.7 Å². The van der Waals surface area contributed by atoms with Crippen LogP contribution < -0.4 is 5.32 Å². The zero-order valence-electron chi connectivity index (χ0n) is 15.0.